The zero-order valence-electron chi connectivity index (χ0n) is 10.7. The fourth-order valence-electron chi connectivity index (χ4n) is 2.22. The van der Waals surface area contributed by atoms with Crippen molar-refractivity contribution in [3.63, 3.8) is 0 Å². The molecule has 0 bridgehead atoms. The lowest BCUT2D eigenvalue weighted by atomic mass is 10.1. The minimum atomic E-state index is -0.289. The van der Waals surface area contributed by atoms with E-state index < -0.39 is 0 Å². The van der Waals surface area contributed by atoms with Gasteiger partial charge in [0.2, 0.25) is 0 Å². The zero-order chi connectivity index (χ0) is 15.0. The summed E-state index contributed by atoms with van der Waals surface area (Å²) in [4.78, 5) is 0. The Morgan fingerprint density at radius 3 is 2.57 bits per heavy atom. The van der Waals surface area contributed by atoms with Gasteiger partial charge in [0.05, 0.1) is 10.0 Å². The van der Waals surface area contributed by atoms with Crippen molar-refractivity contribution in [1.82, 2.24) is 5.43 Å². The number of nitrogens with one attached hydrogen (secondary N) is 1. The predicted octanol–water partition coefficient (Wildman–Crippen LogP) is 4.90. The number of hydrazine groups is 1. The van der Waals surface area contributed by atoms with Crippen LogP contribution in [-0.2, 0) is 0 Å². The quantitative estimate of drug-likeness (QED) is 0.351. The Morgan fingerprint density at radius 2 is 1.90 bits per heavy atom. The molecule has 3 aromatic rings. The van der Waals surface area contributed by atoms with Crippen molar-refractivity contribution in [2.45, 2.75) is 6.04 Å². The highest BCUT2D eigenvalue weighted by Gasteiger charge is 2.19. The Kier molecular flexibility index (Phi) is 4.42. The van der Waals surface area contributed by atoms with Crippen molar-refractivity contribution in [2.24, 2.45) is 5.84 Å². The van der Waals surface area contributed by atoms with Crippen LogP contribution < -0.4 is 11.3 Å². The van der Waals surface area contributed by atoms with E-state index in [0.717, 1.165) is 14.5 Å². The molecule has 1 heterocycles. The number of benzene rings is 2. The van der Waals surface area contributed by atoms with Crippen molar-refractivity contribution in [2.75, 3.05) is 0 Å². The molecule has 0 saturated heterocycles. The fraction of sp³-hybridized carbons (Fsp3) is 0.0667. The van der Waals surface area contributed by atoms with Gasteiger partial charge in [-0.3, -0.25) is 5.84 Å². The molecule has 0 amide bonds. The minimum Gasteiger partial charge on any atom is -0.457 e. The molecule has 6 heteroatoms. The SMILES string of the molecule is NNC(c1ccc(I)c(Cl)c1)c1cc2cccc(Cl)c2o1. The summed E-state index contributed by atoms with van der Waals surface area (Å²) >= 11 is 14.5. The first-order valence-electron chi connectivity index (χ1n) is 6.19. The highest BCUT2D eigenvalue weighted by Crippen LogP contribution is 2.33. The normalized spacial score (nSPS) is 12.8. The Balaban J connectivity index is 2.09. The third-order valence-electron chi connectivity index (χ3n) is 3.24. The van der Waals surface area contributed by atoms with E-state index in [1.54, 1.807) is 6.07 Å². The maximum Gasteiger partial charge on any atom is 0.152 e. The average Bonchev–Trinajstić information content (AvgIpc) is 2.89. The molecule has 21 heavy (non-hydrogen) atoms. The molecule has 0 radical (unpaired) electrons. The first-order valence-corrected chi connectivity index (χ1v) is 8.02. The molecule has 1 unspecified atom stereocenters. The minimum absolute atomic E-state index is 0.289. The van der Waals surface area contributed by atoms with Crippen LogP contribution in [0, 0.1) is 3.57 Å². The molecule has 3 nitrogen and oxygen atoms in total. The van der Waals surface area contributed by atoms with E-state index in [2.05, 4.69) is 28.0 Å². The van der Waals surface area contributed by atoms with Crippen molar-refractivity contribution in [3.05, 3.63) is 67.4 Å². The third kappa shape index (κ3) is 2.91. The predicted molar refractivity (Wildman–Crippen MR) is 94.6 cm³/mol. The van der Waals surface area contributed by atoms with Gasteiger partial charge in [0.1, 0.15) is 11.8 Å². The van der Waals surface area contributed by atoms with Gasteiger partial charge in [0, 0.05) is 8.96 Å². The topological polar surface area (TPSA) is 51.2 Å². The summed E-state index contributed by atoms with van der Waals surface area (Å²) in [7, 11) is 0. The third-order valence-corrected chi connectivity index (χ3v) is 5.11. The second-order valence-electron chi connectivity index (χ2n) is 4.58. The lowest BCUT2D eigenvalue weighted by Gasteiger charge is -2.14. The van der Waals surface area contributed by atoms with Gasteiger partial charge in [-0.05, 0) is 52.4 Å². The largest absolute Gasteiger partial charge is 0.457 e. The Morgan fingerprint density at radius 1 is 1.10 bits per heavy atom. The zero-order valence-corrected chi connectivity index (χ0v) is 14.4. The summed E-state index contributed by atoms with van der Waals surface area (Å²) in [5.41, 5.74) is 4.35. The van der Waals surface area contributed by atoms with Gasteiger partial charge in [-0.25, -0.2) is 5.43 Å². The maximum atomic E-state index is 6.18. The van der Waals surface area contributed by atoms with Crippen LogP contribution in [0.25, 0.3) is 11.0 Å². The number of para-hydroxylation sites is 1. The molecule has 0 fully saturated rings. The number of hydrogen-bond donors (Lipinski definition) is 2. The van der Waals surface area contributed by atoms with Gasteiger partial charge >= 0.3 is 0 Å². The smallest absolute Gasteiger partial charge is 0.152 e. The van der Waals surface area contributed by atoms with Crippen molar-refractivity contribution in [3.8, 4) is 0 Å². The Bertz CT molecular complexity index is 803. The number of hydrogen-bond acceptors (Lipinski definition) is 3. The van der Waals surface area contributed by atoms with Gasteiger partial charge in [0.25, 0.3) is 0 Å². The fourth-order valence-corrected chi connectivity index (χ4v) is 2.97. The molecule has 1 atom stereocenters. The van der Waals surface area contributed by atoms with Crippen LogP contribution in [0.3, 0.4) is 0 Å². The van der Waals surface area contributed by atoms with Gasteiger partial charge < -0.3 is 4.42 Å². The second-order valence-corrected chi connectivity index (χ2v) is 6.56. The van der Waals surface area contributed by atoms with Crippen LogP contribution in [0.1, 0.15) is 17.4 Å². The molecule has 3 N–H and O–H groups in total. The van der Waals surface area contributed by atoms with Crippen LogP contribution >= 0.6 is 45.8 Å². The van der Waals surface area contributed by atoms with E-state index in [1.165, 1.54) is 0 Å². The molecule has 2 aromatic carbocycles. The van der Waals surface area contributed by atoms with E-state index >= 15 is 0 Å². The summed E-state index contributed by atoms with van der Waals surface area (Å²) in [5, 5.41) is 2.20. The first kappa shape index (κ1) is 15.1. The van der Waals surface area contributed by atoms with Crippen LogP contribution in [0.5, 0.6) is 0 Å². The van der Waals surface area contributed by atoms with E-state index in [0.29, 0.717) is 21.4 Å². The molecule has 3 rings (SSSR count). The van der Waals surface area contributed by atoms with E-state index in [4.69, 9.17) is 33.5 Å². The number of nitrogens with two attached hydrogens (primary N) is 1. The van der Waals surface area contributed by atoms with Gasteiger partial charge in [-0.2, -0.15) is 0 Å². The number of fused-ring (bicyclic) bond motifs is 1. The van der Waals surface area contributed by atoms with Crippen molar-refractivity contribution in [1.29, 1.82) is 0 Å². The number of furan rings is 1. The van der Waals surface area contributed by atoms with Gasteiger partial charge in [-0.15, -0.1) is 0 Å². The van der Waals surface area contributed by atoms with Crippen molar-refractivity contribution >= 4 is 56.8 Å². The standard InChI is InChI=1S/C15H11Cl2IN2O/c16-10-3-1-2-9-7-13(21-15(9)10)14(20-19)8-4-5-12(18)11(17)6-8/h1-7,14,20H,19H2. The maximum absolute atomic E-state index is 6.18. The molecule has 0 spiro atoms. The van der Waals surface area contributed by atoms with Gasteiger partial charge in [0.15, 0.2) is 5.58 Å². The van der Waals surface area contributed by atoms with Crippen LogP contribution in [0.15, 0.2) is 46.9 Å². The highest BCUT2D eigenvalue weighted by molar-refractivity contribution is 14.1. The number of halogens is 3. The lowest BCUT2D eigenvalue weighted by molar-refractivity contribution is 0.477. The van der Waals surface area contributed by atoms with Crippen molar-refractivity contribution < 1.29 is 4.42 Å². The van der Waals surface area contributed by atoms with E-state index in [9.17, 15) is 0 Å². The summed E-state index contributed by atoms with van der Waals surface area (Å²) in [5.74, 6) is 6.39. The summed E-state index contributed by atoms with van der Waals surface area (Å²) in [6, 6.07) is 13.1. The summed E-state index contributed by atoms with van der Waals surface area (Å²) in [6.07, 6.45) is 0. The van der Waals surface area contributed by atoms with Crippen LogP contribution in [0.4, 0.5) is 0 Å². The Labute approximate surface area is 145 Å². The molecule has 0 saturated carbocycles. The summed E-state index contributed by atoms with van der Waals surface area (Å²) < 4.78 is 6.84. The van der Waals surface area contributed by atoms with Crippen LogP contribution in [0.2, 0.25) is 10.0 Å². The molecular formula is C15H11Cl2IN2O. The Hall–Kier alpha value is -0.790. The molecule has 0 aliphatic carbocycles. The van der Waals surface area contributed by atoms with Crippen LogP contribution in [-0.4, -0.2) is 0 Å². The monoisotopic (exact) mass is 432 g/mol. The lowest BCUT2D eigenvalue weighted by Crippen LogP contribution is -2.28. The number of rotatable bonds is 3. The van der Waals surface area contributed by atoms with Gasteiger partial charge in [-0.1, -0.05) is 41.4 Å². The van der Waals surface area contributed by atoms with E-state index in [1.807, 2.05) is 36.4 Å². The highest BCUT2D eigenvalue weighted by atomic mass is 127. The average molecular weight is 433 g/mol. The molecule has 0 aliphatic rings. The molecule has 108 valence electrons. The first-order chi connectivity index (χ1) is 10.1. The molecule has 0 aliphatic heterocycles. The summed E-state index contributed by atoms with van der Waals surface area (Å²) in [6.45, 7) is 0. The molecular weight excluding hydrogens is 422 g/mol. The molecule has 1 aromatic heterocycles. The second kappa shape index (κ2) is 6.14. The van der Waals surface area contributed by atoms with E-state index in [-0.39, 0.29) is 6.04 Å².